The van der Waals surface area contributed by atoms with E-state index in [9.17, 15) is 18.0 Å². The normalized spacial score (nSPS) is 20.4. The zero-order valence-electron chi connectivity index (χ0n) is 14.6. The number of hydrogen-bond acceptors (Lipinski definition) is 6. The number of cyclic esters (lactones) is 1. The summed E-state index contributed by atoms with van der Waals surface area (Å²) >= 11 is 0. The topological polar surface area (TPSA) is 90.0 Å². The van der Waals surface area contributed by atoms with Crippen molar-refractivity contribution in [3.05, 3.63) is 29.8 Å². The molecule has 2 atom stereocenters. The number of sulfonamides is 1. The fourth-order valence-corrected chi connectivity index (χ4v) is 4.28. The molecule has 0 aromatic heterocycles. The Morgan fingerprint density at radius 2 is 1.92 bits per heavy atom. The number of esters is 1. The molecule has 1 aliphatic heterocycles. The second-order valence-electron chi connectivity index (χ2n) is 6.03. The number of hydrogen-bond donors (Lipinski definition) is 0. The predicted octanol–water partition coefficient (Wildman–Crippen LogP) is 2.63. The third kappa shape index (κ3) is 4.12. The van der Waals surface area contributed by atoms with E-state index in [1.54, 1.807) is 12.1 Å². The summed E-state index contributed by atoms with van der Waals surface area (Å²) in [5.74, 6) is -0.589. The van der Waals surface area contributed by atoms with Gasteiger partial charge in [-0.05, 0) is 31.9 Å². The Morgan fingerprint density at radius 1 is 1.28 bits per heavy atom. The molecule has 0 saturated carbocycles. The molecule has 0 bridgehead atoms. The van der Waals surface area contributed by atoms with Crippen molar-refractivity contribution in [2.75, 3.05) is 7.11 Å². The van der Waals surface area contributed by atoms with Crippen LogP contribution in [0.3, 0.4) is 0 Å². The Bertz CT molecular complexity index is 728. The van der Waals surface area contributed by atoms with E-state index in [-0.39, 0.29) is 11.3 Å². The van der Waals surface area contributed by atoms with E-state index in [0.29, 0.717) is 10.7 Å². The summed E-state index contributed by atoms with van der Waals surface area (Å²) in [6.07, 6.45) is 0.269. The maximum atomic E-state index is 12.9. The molecule has 138 valence electrons. The van der Waals surface area contributed by atoms with Gasteiger partial charge in [0.15, 0.2) is 0 Å². The summed E-state index contributed by atoms with van der Waals surface area (Å²) in [5, 5.41) is 0. The van der Waals surface area contributed by atoms with Crippen LogP contribution in [0.15, 0.2) is 29.2 Å². The number of benzene rings is 1. The van der Waals surface area contributed by atoms with Gasteiger partial charge in [-0.1, -0.05) is 31.0 Å². The first kappa shape index (κ1) is 19.2. The van der Waals surface area contributed by atoms with Crippen LogP contribution in [0.4, 0.5) is 4.79 Å². The van der Waals surface area contributed by atoms with Crippen LogP contribution in [0.2, 0.25) is 0 Å². The van der Waals surface area contributed by atoms with Crippen LogP contribution in [-0.4, -0.2) is 44.0 Å². The van der Waals surface area contributed by atoms with Gasteiger partial charge in [-0.3, -0.25) is 4.79 Å². The molecule has 1 aromatic carbocycles. The molecule has 0 radical (unpaired) electrons. The lowest BCUT2D eigenvalue weighted by atomic mass is 10.0. The van der Waals surface area contributed by atoms with E-state index in [4.69, 9.17) is 4.74 Å². The van der Waals surface area contributed by atoms with Crippen molar-refractivity contribution in [2.24, 2.45) is 0 Å². The third-order valence-electron chi connectivity index (χ3n) is 4.19. The summed E-state index contributed by atoms with van der Waals surface area (Å²) < 4.78 is 36.5. The van der Waals surface area contributed by atoms with Gasteiger partial charge in [0.1, 0.15) is 6.10 Å². The molecule has 1 heterocycles. The number of aryl methyl sites for hydroxylation is 1. The molecule has 0 aliphatic carbocycles. The number of unbranched alkanes of at least 4 members (excludes halogenated alkanes) is 1. The highest BCUT2D eigenvalue weighted by Crippen LogP contribution is 2.32. The maximum Gasteiger partial charge on any atom is 0.424 e. The van der Waals surface area contributed by atoms with Gasteiger partial charge in [-0.25, -0.2) is 13.2 Å². The fourth-order valence-electron chi connectivity index (χ4n) is 2.77. The Labute approximate surface area is 148 Å². The van der Waals surface area contributed by atoms with Crippen LogP contribution >= 0.6 is 0 Å². The van der Waals surface area contributed by atoms with Gasteiger partial charge in [0.05, 0.1) is 24.5 Å². The highest BCUT2D eigenvalue weighted by molar-refractivity contribution is 7.89. The average molecular weight is 369 g/mol. The summed E-state index contributed by atoms with van der Waals surface area (Å²) in [5.41, 5.74) is 0.898. The molecule has 7 nitrogen and oxygen atoms in total. The SMILES string of the molecule is CCCC[C@H]1OC(=O)N(S(=O)(=O)c2ccc(C)cc2)[C@@H]1CC(=O)OC. The van der Waals surface area contributed by atoms with E-state index in [1.165, 1.54) is 19.2 Å². The van der Waals surface area contributed by atoms with Crippen LogP contribution in [-0.2, 0) is 24.3 Å². The predicted molar refractivity (Wildman–Crippen MR) is 90.4 cm³/mol. The largest absolute Gasteiger partial charge is 0.469 e. The van der Waals surface area contributed by atoms with Gasteiger partial charge in [0, 0.05) is 0 Å². The number of nitrogens with zero attached hydrogens (tertiary/aromatic N) is 1. The van der Waals surface area contributed by atoms with E-state index >= 15 is 0 Å². The molecule has 1 fully saturated rings. The van der Waals surface area contributed by atoms with E-state index in [0.717, 1.165) is 18.4 Å². The third-order valence-corrected chi connectivity index (χ3v) is 5.99. The van der Waals surface area contributed by atoms with Gasteiger partial charge < -0.3 is 9.47 Å². The van der Waals surface area contributed by atoms with Crippen molar-refractivity contribution in [1.82, 2.24) is 4.31 Å². The molecule has 0 spiro atoms. The monoisotopic (exact) mass is 369 g/mol. The summed E-state index contributed by atoms with van der Waals surface area (Å²) in [6.45, 7) is 3.81. The van der Waals surface area contributed by atoms with Crippen molar-refractivity contribution in [2.45, 2.75) is 56.6 Å². The molecule has 1 saturated heterocycles. The Balaban J connectivity index is 2.38. The van der Waals surface area contributed by atoms with Crippen LogP contribution in [0.5, 0.6) is 0 Å². The first-order chi connectivity index (χ1) is 11.8. The molecule has 25 heavy (non-hydrogen) atoms. The van der Waals surface area contributed by atoms with Gasteiger partial charge in [-0.15, -0.1) is 0 Å². The minimum Gasteiger partial charge on any atom is -0.469 e. The lowest BCUT2D eigenvalue weighted by molar-refractivity contribution is -0.141. The minimum absolute atomic E-state index is 0.0129. The van der Waals surface area contributed by atoms with Gasteiger partial charge in [-0.2, -0.15) is 4.31 Å². The first-order valence-electron chi connectivity index (χ1n) is 8.19. The number of ether oxygens (including phenoxy) is 2. The molecule has 0 N–H and O–H groups in total. The number of methoxy groups -OCH3 is 1. The first-order valence-corrected chi connectivity index (χ1v) is 9.63. The highest BCUT2D eigenvalue weighted by atomic mass is 32.2. The number of amides is 1. The Morgan fingerprint density at radius 3 is 2.48 bits per heavy atom. The summed E-state index contributed by atoms with van der Waals surface area (Å²) in [7, 11) is -2.89. The molecule has 0 unspecified atom stereocenters. The van der Waals surface area contributed by atoms with Crippen molar-refractivity contribution in [3.63, 3.8) is 0 Å². The molecule has 1 aliphatic rings. The van der Waals surface area contributed by atoms with Crippen molar-refractivity contribution >= 4 is 22.1 Å². The molecule has 1 amide bonds. The van der Waals surface area contributed by atoms with Crippen LogP contribution in [0.25, 0.3) is 0 Å². The lowest BCUT2D eigenvalue weighted by Crippen LogP contribution is -2.42. The van der Waals surface area contributed by atoms with E-state index in [2.05, 4.69) is 4.74 Å². The average Bonchev–Trinajstić information content (AvgIpc) is 2.89. The maximum absolute atomic E-state index is 12.9. The van der Waals surface area contributed by atoms with Crippen LogP contribution in [0, 0.1) is 6.92 Å². The number of carbonyl (C=O) groups is 2. The van der Waals surface area contributed by atoms with E-state index in [1.807, 2.05) is 13.8 Å². The smallest absolute Gasteiger partial charge is 0.424 e. The quantitative estimate of drug-likeness (QED) is 0.686. The molecule has 8 heteroatoms. The number of rotatable bonds is 7. The highest BCUT2D eigenvalue weighted by Gasteiger charge is 2.49. The second-order valence-corrected chi connectivity index (χ2v) is 7.84. The standard InChI is InChI=1S/C17H23NO6S/c1-4-5-6-15-14(11-16(19)23-3)18(17(20)24-15)25(21,22)13-9-7-12(2)8-10-13/h7-10,14-15H,4-6,11H2,1-3H3/t14-,15-/m1/s1. The van der Waals surface area contributed by atoms with Gasteiger partial charge >= 0.3 is 12.1 Å². The summed E-state index contributed by atoms with van der Waals surface area (Å²) in [4.78, 5) is 24.0. The molecular formula is C17H23NO6S. The Kier molecular flexibility index (Phi) is 6.05. The Hall–Kier alpha value is -2.09. The molecule has 2 rings (SSSR count). The van der Waals surface area contributed by atoms with E-state index < -0.39 is 34.2 Å². The second kappa shape index (κ2) is 7.86. The van der Waals surface area contributed by atoms with Crippen molar-refractivity contribution in [1.29, 1.82) is 0 Å². The fraction of sp³-hybridized carbons (Fsp3) is 0.529. The lowest BCUT2D eigenvalue weighted by Gasteiger charge is -2.23. The minimum atomic E-state index is -4.11. The van der Waals surface area contributed by atoms with Crippen LogP contribution < -0.4 is 0 Å². The molecular weight excluding hydrogens is 346 g/mol. The zero-order valence-corrected chi connectivity index (χ0v) is 15.4. The zero-order chi connectivity index (χ0) is 18.6. The molecule has 1 aromatic rings. The summed E-state index contributed by atoms with van der Waals surface area (Å²) in [6, 6.07) is 5.27. The van der Waals surface area contributed by atoms with Crippen LogP contribution in [0.1, 0.15) is 38.2 Å². The van der Waals surface area contributed by atoms with Gasteiger partial charge in [0.25, 0.3) is 10.0 Å². The van der Waals surface area contributed by atoms with Gasteiger partial charge in [0.2, 0.25) is 0 Å². The number of carbonyl (C=O) groups excluding carboxylic acids is 2. The van der Waals surface area contributed by atoms with Crippen molar-refractivity contribution in [3.8, 4) is 0 Å². The van der Waals surface area contributed by atoms with Crippen molar-refractivity contribution < 1.29 is 27.5 Å².